The molecule has 1 aliphatic rings. The Morgan fingerprint density at radius 1 is 1.16 bits per heavy atom. The van der Waals surface area contributed by atoms with E-state index in [1.807, 2.05) is 6.07 Å². The molecule has 1 unspecified atom stereocenters. The van der Waals surface area contributed by atoms with E-state index in [-0.39, 0.29) is 5.92 Å². The first-order chi connectivity index (χ1) is 15.1. The second-order valence-electron chi connectivity index (χ2n) is 8.25. The van der Waals surface area contributed by atoms with Gasteiger partial charge in [0.05, 0.1) is 11.9 Å². The fourth-order valence-corrected chi connectivity index (χ4v) is 4.19. The lowest BCUT2D eigenvalue weighted by Crippen LogP contribution is -2.12. The molecule has 0 amide bonds. The molecular formula is C25H24FN5. The molecule has 2 N–H and O–H groups in total. The van der Waals surface area contributed by atoms with Crippen LogP contribution < -0.4 is 5.32 Å². The molecule has 0 aliphatic heterocycles. The van der Waals surface area contributed by atoms with Crippen LogP contribution in [0.4, 0.5) is 10.2 Å². The zero-order chi connectivity index (χ0) is 21.4. The Kier molecular flexibility index (Phi) is 4.98. The van der Waals surface area contributed by atoms with Gasteiger partial charge in [-0.05, 0) is 30.0 Å². The predicted octanol–water partition coefficient (Wildman–Crippen LogP) is 5.58. The lowest BCUT2D eigenvalue weighted by Gasteiger charge is -2.17. The van der Waals surface area contributed by atoms with Gasteiger partial charge in [0, 0.05) is 46.9 Å². The van der Waals surface area contributed by atoms with Gasteiger partial charge in [0.1, 0.15) is 11.6 Å². The van der Waals surface area contributed by atoms with E-state index in [9.17, 15) is 4.39 Å². The van der Waals surface area contributed by atoms with Crippen LogP contribution in [0.25, 0.3) is 28.4 Å². The summed E-state index contributed by atoms with van der Waals surface area (Å²) in [5.74, 6) is 1.50. The highest BCUT2D eigenvalue weighted by molar-refractivity contribution is 5.83. The Bertz CT molecular complexity index is 1270. The number of aromatic nitrogens is 4. The SMILES string of the molecule is CC(C)C1C=Cc2c(NCCc3c[nH]c4ccccc34)nc(-c3cncc(F)c3)nc21. The van der Waals surface area contributed by atoms with Gasteiger partial charge in [-0.25, -0.2) is 14.4 Å². The van der Waals surface area contributed by atoms with E-state index < -0.39 is 5.82 Å². The molecule has 5 rings (SSSR count). The third-order valence-electron chi connectivity index (χ3n) is 5.80. The maximum atomic E-state index is 13.8. The molecule has 3 aromatic heterocycles. The van der Waals surface area contributed by atoms with Crippen molar-refractivity contribution in [2.24, 2.45) is 5.92 Å². The van der Waals surface area contributed by atoms with E-state index in [2.05, 4.69) is 65.7 Å². The minimum absolute atomic E-state index is 0.215. The molecule has 3 heterocycles. The fourth-order valence-electron chi connectivity index (χ4n) is 4.19. The number of nitrogens with one attached hydrogen (secondary N) is 2. The van der Waals surface area contributed by atoms with E-state index in [0.717, 1.165) is 35.6 Å². The van der Waals surface area contributed by atoms with Crippen LogP contribution in [0.3, 0.4) is 0 Å². The summed E-state index contributed by atoms with van der Waals surface area (Å²) in [5.41, 5.74) is 4.99. The van der Waals surface area contributed by atoms with Crippen molar-refractivity contribution >= 4 is 22.8 Å². The first kappa shape index (κ1) is 19.4. The van der Waals surface area contributed by atoms with Crippen LogP contribution in [-0.4, -0.2) is 26.5 Å². The Labute approximate surface area is 180 Å². The number of H-pyrrole nitrogens is 1. The number of halogens is 1. The molecule has 4 aromatic rings. The minimum atomic E-state index is -0.394. The summed E-state index contributed by atoms with van der Waals surface area (Å²) in [6.45, 7) is 5.09. The summed E-state index contributed by atoms with van der Waals surface area (Å²) in [5, 5.41) is 4.74. The summed E-state index contributed by atoms with van der Waals surface area (Å²) in [6, 6.07) is 9.73. The summed E-state index contributed by atoms with van der Waals surface area (Å²) in [7, 11) is 0. The maximum absolute atomic E-state index is 13.8. The quantitative estimate of drug-likeness (QED) is 0.433. The van der Waals surface area contributed by atoms with Gasteiger partial charge in [-0.1, -0.05) is 44.2 Å². The smallest absolute Gasteiger partial charge is 0.163 e. The number of benzene rings is 1. The normalized spacial score (nSPS) is 15.0. The van der Waals surface area contributed by atoms with E-state index in [1.165, 1.54) is 23.2 Å². The third kappa shape index (κ3) is 3.69. The molecule has 5 nitrogen and oxygen atoms in total. The molecule has 1 aliphatic carbocycles. The Morgan fingerprint density at radius 3 is 2.87 bits per heavy atom. The van der Waals surface area contributed by atoms with Gasteiger partial charge in [-0.2, -0.15) is 0 Å². The molecule has 6 heteroatoms. The highest BCUT2D eigenvalue weighted by atomic mass is 19.1. The van der Waals surface area contributed by atoms with Crippen molar-refractivity contribution in [1.82, 2.24) is 19.9 Å². The van der Waals surface area contributed by atoms with Crippen LogP contribution >= 0.6 is 0 Å². The molecule has 1 atom stereocenters. The highest BCUT2D eigenvalue weighted by Crippen LogP contribution is 2.38. The van der Waals surface area contributed by atoms with Gasteiger partial charge in [0.2, 0.25) is 0 Å². The Balaban J connectivity index is 1.45. The maximum Gasteiger partial charge on any atom is 0.163 e. The summed E-state index contributed by atoms with van der Waals surface area (Å²) in [4.78, 5) is 16.8. The van der Waals surface area contributed by atoms with E-state index in [1.54, 1.807) is 6.20 Å². The minimum Gasteiger partial charge on any atom is -0.369 e. The van der Waals surface area contributed by atoms with Gasteiger partial charge in [0.15, 0.2) is 5.82 Å². The fraction of sp³-hybridized carbons (Fsp3) is 0.240. The van der Waals surface area contributed by atoms with Gasteiger partial charge in [-0.3, -0.25) is 4.98 Å². The summed E-state index contributed by atoms with van der Waals surface area (Å²) >= 11 is 0. The van der Waals surface area contributed by atoms with Crippen LogP contribution in [0.5, 0.6) is 0 Å². The molecule has 1 aromatic carbocycles. The van der Waals surface area contributed by atoms with Crippen molar-refractivity contribution in [3.63, 3.8) is 0 Å². The number of pyridine rings is 1. The number of allylic oxidation sites excluding steroid dienone is 1. The number of hydrogen-bond acceptors (Lipinski definition) is 4. The first-order valence-corrected chi connectivity index (χ1v) is 10.6. The monoisotopic (exact) mass is 413 g/mol. The topological polar surface area (TPSA) is 66.5 Å². The number of fused-ring (bicyclic) bond motifs is 2. The van der Waals surface area contributed by atoms with Gasteiger partial charge in [-0.15, -0.1) is 0 Å². The van der Waals surface area contributed by atoms with Crippen LogP contribution in [0.2, 0.25) is 0 Å². The van der Waals surface area contributed by atoms with E-state index in [0.29, 0.717) is 17.3 Å². The van der Waals surface area contributed by atoms with Gasteiger partial charge >= 0.3 is 0 Å². The Morgan fingerprint density at radius 2 is 2.03 bits per heavy atom. The van der Waals surface area contributed by atoms with Crippen molar-refractivity contribution in [1.29, 1.82) is 0 Å². The van der Waals surface area contributed by atoms with Crippen molar-refractivity contribution in [2.75, 3.05) is 11.9 Å². The van der Waals surface area contributed by atoms with Crippen molar-refractivity contribution in [3.8, 4) is 11.4 Å². The molecule has 0 bridgehead atoms. The van der Waals surface area contributed by atoms with Crippen LogP contribution in [0.1, 0.15) is 36.6 Å². The predicted molar refractivity (Wildman–Crippen MR) is 122 cm³/mol. The van der Waals surface area contributed by atoms with E-state index >= 15 is 0 Å². The summed E-state index contributed by atoms with van der Waals surface area (Å²) in [6.07, 6.45) is 10.00. The molecule has 0 fully saturated rings. The lowest BCUT2D eigenvalue weighted by molar-refractivity contribution is 0.572. The number of rotatable bonds is 6. The van der Waals surface area contributed by atoms with Crippen LogP contribution in [0.15, 0.2) is 55.0 Å². The number of anilines is 1. The molecule has 0 spiro atoms. The first-order valence-electron chi connectivity index (χ1n) is 10.6. The molecular weight excluding hydrogens is 389 g/mol. The zero-order valence-corrected chi connectivity index (χ0v) is 17.6. The number of para-hydroxylation sites is 1. The second kappa shape index (κ2) is 7.95. The summed E-state index contributed by atoms with van der Waals surface area (Å²) < 4.78 is 13.8. The second-order valence-corrected chi connectivity index (χ2v) is 8.25. The molecule has 0 radical (unpaired) electrons. The van der Waals surface area contributed by atoms with Crippen molar-refractivity contribution in [2.45, 2.75) is 26.2 Å². The van der Waals surface area contributed by atoms with Crippen molar-refractivity contribution in [3.05, 3.63) is 77.6 Å². The number of nitrogens with zero attached hydrogens (tertiary/aromatic N) is 3. The van der Waals surface area contributed by atoms with Gasteiger partial charge in [0.25, 0.3) is 0 Å². The molecule has 31 heavy (non-hydrogen) atoms. The average Bonchev–Trinajstić information content (AvgIpc) is 3.38. The third-order valence-corrected chi connectivity index (χ3v) is 5.80. The van der Waals surface area contributed by atoms with E-state index in [4.69, 9.17) is 9.97 Å². The molecule has 156 valence electrons. The zero-order valence-electron chi connectivity index (χ0n) is 17.6. The number of hydrogen-bond donors (Lipinski definition) is 2. The highest BCUT2D eigenvalue weighted by Gasteiger charge is 2.26. The molecule has 0 saturated carbocycles. The lowest BCUT2D eigenvalue weighted by atomic mass is 9.94. The van der Waals surface area contributed by atoms with Crippen LogP contribution in [-0.2, 0) is 6.42 Å². The van der Waals surface area contributed by atoms with Crippen LogP contribution in [0, 0.1) is 11.7 Å². The standard InChI is InChI=1S/C25H24FN5/c1-15(2)19-7-8-21-23(19)30-24(17-11-18(26)14-27-12-17)31-25(21)28-10-9-16-13-29-22-6-4-3-5-20(16)22/h3-8,11-15,19,29H,9-10H2,1-2H3,(H,28,30,31). The Hall–Kier alpha value is -3.54. The largest absolute Gasteiger partial charge is 0.369 e. The van der Waals surface area contributed by atoms with Crippen molar-refractivity contribution < 1.29 is 4.39 Å². The number of aromatic amines is 1. The molecule has 0 saturated heterocycles. The van der Waals surface area contributed by atoms with Gasteiger partial charge < -0.3 is 10.3 Å². The average molecular weight is 414 g/mol.